The molecular weight excluding hydrogens is 340 g/mol. The average molecular weight is 369 g/mol. The van der Waals surface area contributed by atoms with Gasteiger partial charge in [-0.15, -0.1) is 0 Å². The summed E-state index contributed by atoms with van der Waals surface area (Å²) in [5.74, 6) is 0. The number of hydrogen-bond acceptors (Lipinski definition) is 4. The van der Waals surface area contributed by atoms with Crippen molar-refractivity contribution in [3.8, 4) is 11.3 Å². The van der Waals surface area contributed by atoms with E-state index in [0.29, 0.717) is 6.73 Å². The second kappa shape index (κ2) is 7.59. The molecule has 5 nitrogen and oxygen atoms in total. The predicted molar refractivity (Wildman–Crippen MR) is 111 cm³/mol. The Labute approximate surface area is 156 Å². The summed E-state index contributed by atoms with van der Waals surface area (Å²) in [6, 6.07) is 11.1. The molecular formula is C20H28N4OSi. The van der Waals surface area contributed by atoms with Gasteiger partial charge in [0, 0.05) is 31.3 Å². The van der Waals surface area contributed by atoms with Crippen LogP contribution in [0.2, 0.25) is 25.7 Å². The van der Waals surface area contributed by atoms with Gasteiger partial charge in [0.05, 0.1) is 23.1 Å². The molecule has 2 aromatic heterocycles. The molecule has 3 aromatic rings. The van der Waals surface area contributed by atoms with E-state index in [1.165, 1.54) is 0 Å². The van der Waals surface area contributed by atoms with Crippen molar-refractivity contribution in [2.75, 3.05) is 12.3 Å². The van der Waals surface area contributed by atoms with Gasteiger partial charge in [-0.25, -0.2) is 4.68 Å². The highest BCUT2D eigenvalue weighted by molar-refractivity contribution is 6.76. The average Bonchev–Trinajstić information content (AvgIpc) is 2.95. The molecule has 3 rings (SSSR count). The van der Waals surface area contributed by atoms with Gasteiger partial charge in [0.15, 0.2) is 0 Å². The van der Waals surface area contributed by atoms with Crippen molar-refractivity contribution in [1.29, 1.82) is 0 Å². The first-order valence-electron chi connectivity index (χ1n) is 9.16. The molecule has 26 heavy (non-hydrogen) atoms. The Morgan fingerprint density at radius 2 is 2.00 bits per heavy atom. The highest BCUT2D eigenvalue weighted by Crippen LogP contribution is 2.26. The number of pyridine rings is 1. The third kappa shape index (κ3) is 4.31. The van der Waals surface area contributed by atoms with Gasteiger partial charge in [-0.1, -0.05) is 38.7 Å². The van der Waals surface area contributed by atoms with Crippen molar-refractivity contribution in [3.63, 3.8) is 0 Å². The Bertz CT molecular complexity index is 898. The molecule has 0 atom stereocenters. The Morgan fingerprint density at radius 3 is 2.69 bits per heavy atom. The van der Waals surface area contributed by atoms with Gasteiger partial charge in [-0.2, -0.15) is 5.10 Å². The van der Waals surface area contributed by atoms with E-state index in [0.717, 1.165) is 52.6 Å². The summed E-state index contributed by atoms with van der Waals surface area (Å²) in [4.78, 5) is 4.63. The third-order valence-electron chi connectivity index (χ3n) is 4.44. The smallest absolute Gasteiger partial charge is 0.140 e. The number of ether oxygens (including phenoxy) is 1. The molecule has 2 heterocycles. The Morgan fingerprint density at radius 1 is 1.19 bits per heavy atom. The molecule has 0 saturated carbocycles. The van der Waals surface area contributed by atoms with Crippen molar-refractivity contribution in [2.45, 2.75) is 45.8 Å². The highest BCUT2D eigenvalue weighted by atomic mass is 28.3. The maximum absolute atomic E-state index is 5.91. The van der Waals surface area contributed by atoms with Crippen LogP contribution in [-0.4, -0.2) is 29.4 Å². The minimum atomic E-state index is -1.08. The fourth-order valence-corrected chi connectivity index (χ4v) is 3.64. The lowest BCUT2D eigenvalue weighted by Gasteiger charge is -2.15. The first kappa shape index (κ1) is 18.6. The van der Waals surface area contributed by atoms with E-state index in [2.05, 4.69) is 37.6 Å². The molecule has 0 amide bonds. The van der Waals surface area contributed by atoms with Crippen LogP contribution in [0.5, 0.6) is 0 Å². The largest absolute Gasteiger partial charge is 0.399 e. The second-order valence-corrected chi connectivity index (χ2v) is 13.5. The van der Waals surface area contributed by atoms with Crippen LogP contribution in [0.4, 0.5) is 5.69 Å². The lowest BCUT2D eigenvalue weighted by molar-refractivity contribution is 0.0814. The molecule has 2 N–H and O–H groups in total. The molecule has 0 aliphatic carbocycles. The fourth-order valence-electron chi connectivity index (χ4n) is 2.88. The topological polar surface area (TPSA) is 66.0 Å². The van der Waals surface area contributed by atoms with Gasteiger partial charge in [-0.3, -0.25) is 4.98 Å². The first-order valence-corrected chi connectivity index (χ1v) is 12.9. The van der Waals surface area contributed by atoms with Crippen molar-refractivity contribution < 1.29 is 4.74 Å². The number of nitrogens with zero attached hydrogens (tertiary/aromatic N) is 3. The van der Waals surface area contributed by atoms with Crippen LogP contribution < -0.4 is 5.73 Å². The van der Waals surface area contributed by atoms with Gasteiger partial charge in [0.1, 0.15) is 6.73 Å². The maximum Gasteiger partial charge on any atom is 0.140 e. The molecule has 0 aliphatic heterocycles. The number of aryl methyl sites for hydroxylation is 1. The van der Waals surface area contributed by atoms with Crippen molar-refractivity contribution in [3.05, 3.63) is 42.2 Å². The van der Waals surface area contributed by atoms with Crippen molar-refractivity contribution in [1.82, 2.24) is 14.8 Å². The number of aromatic nitrogens is 3. The molecule has 0 bridgehead atoms. The van der Waals surface area contributed by atoms with Crippen LogP contribution in [0, 0.1) is 0 Å². The zero-order valence-corrected chi connectivity index (χ0v) is 17.1. The van der Waals surface area contributed by atoms with Gasteiger partial charge in [0.25, 0.3) is 0 Å². The van der Waals surface area contributed by atoms with Gasteiger partial charge >= 0.3 is 0 Å². The van der Waals surface area contributed by atoms with Crippen LogP contribution in [0.1, 0.15) is 12.6 Å². The molecule has 1 aromatic carbocycles. The standard InChI is InChI=1S/C20H28N4OSi/c1-5-18-17-12-19(15-7-6-8-16(21)11-15)22-13-20(17)24(23-18)14-25-9-10-26(2,3)4/h6-8,11-13H,5,9-10,14,21H2,1-4H3. The molecule has 0 fully saturated rings. The SMILES string of the molecule is CCc1nn(COCC[Si](C)(C)C)c2cnc(-c3cccc(N)c3)cc12. The summed E-state index contributed by atoms with van der Waals surface area (Å²) in [7, 11) is -1.08. The van der Waals surface area contributed by atoms with Crippen LogP contribution in [0.15, 0.2) is 36.5 Å². The zero-order valence-electron chi connectivity index (χ0n) is 16.1. The number of benzene rings is 1. The van der Waals surface area contributed by atoms with E-state index in [4.69, 9.17) is 15.6 Å². The number of rotatable bonds is 7. The number of fused-ring (bicyclic) bond motifs is 1. The Balaban J connectivity index is 1.85. The van der Waals surface area contributed by atoms with Crippen LogP contribution >= 0.6 is 0 Å². The number of anilines is 1. The van der Waals surface area contributed by atoms with E-state index in [1.807, 2.05) is 35.1 Å². The summed E-state index contributed by atoms with van der Waals surface area (Å²) >= 11 is 0. The van der Waals surface area contributed by atoms with E-state index in [-0.39, 0.29) is 0 Å². The summed E-state index contributed by atoms with van der Waals surface area (Å²) in [6.45, 7) is 10.5. The number of hydrogen-bond donors (Lipinski definition) is 1. The van der Waals surface area contributed by atoms with E-state index in [9.17, 15) is 0 Å². The Hall–Kier alpha value is -2.18. The lowest BCUT2D eigenvalue weighted by Crippen LogP contribution is -2.22. The molecule has 0 unspecified atom stereocenters. The quantitative estimate of drug-likeness (QED) is 0.377. The van der Waals surface area contributed by atoms with Gasteiger partial charge in [-0.05, 0) is 30.7 Å². The minimum absolute atomic E-state index is 0.473. The molecule has 0 spiro atoms. The van der Waals surface area contributed by atoms with Gasteiger partial charge in [0.2, 0.25) is 0 Å². The van der Waals surface area contributed by atoms with Crippen molar-refractivity contribution >= 4 is 24.7 Å². The lowest BCUT2D eigenvalue weighted by atomic mass is 10.1. The van der Waals surface area contributed by atoms with Crippen molar-refractivity contribution in [2.24, 2.45) is 0 Å². The third-order valence-corrected chi connectivity index (χ3v) is 6.14. The molecule has 0 saturated heterocycles. The number of nitrogen functional groups attached to an aromatic ring is 1. The number of nitrogens with two attached hydrogens (primary N) is 1. The van der Waals surface area contributed by atoms with Gasteiger partial charge < -0.3 is 10.5 Å². The van der Waals surface area contributed by atoms with E-state index < -0.39 is 8.07 Å². The van der Waals surface area contributed by atoms with E-state index in [1.54, 1.807) is 0 Å². The summed E-state index contributed by atoms with van der Waals surface area (Å²) in [5, 5.41) is 5.87. The summed E-state index contributed by atoms with van der Waals surface area (Å²) in [6.07, 6.45) is 2.76. The van der Waals surface area contributed by atoms with Crippen LogP contribution in [0.3, 0.4) is 0 Å². The van der Waals surface area contributed by atoms with Crippen LogP contribution in [-0.2, 0) is 17.9 Å². The maximum atomic E-state index is 5.91. The zero-order chi connectivity index (χ0) is 18.7. The van der Waals surface area contributed by atoms with E-state index >= 15 is 0 Å². The summed E-state index contributed by atoms with van der Waals surface area (Å²) < 4.78 is 7.81. The fraction of sp³-hybridized carbons (Fsp3) is 0.400. The molecule has 138 valence electrons. The first-order chi connectivity index (χ1) is 12.4. The predicted octanol–water partition coefficient (Wildman–Crippen LogP) is 4.56. The summed E-state index contributed by atoms with van der Waals surface area (Å²) in [5.41, 5.74) is 10.7. The Kier molecular flexibility index (Phi) is 5.43. The molecule has 6 heteroatoms. The normalized spacial score (nSPS) is 12.0. The molecule has 0 aliphatic rings. The molecule has 0 radical (unpaired) electrons. The minimum Gasteiger partial charge on any atom is -0.399 e. The van der Waals surface area contributed by atoms with Crippen LogP contribution in [0.25, 0.3) is 22.2 Å². The highest BCUT2D eigenvalue weighted by Gasteiger charge is 2.14. The second-order valence-electron chi connectivity index (χ2n) is 7.86. The monoisotopic (exact) mass is 368 g/mol.